The van der Waals surface area contributed by atoms with Crippen molar-refractivity contribution in [1.82, 2.24) is 15.1 Å². The van der Waals surface area contributed by atoms with Crippen molar-refractivity contribution in [3.63, 3.8) is 0 Å². The molecule has 3 fully saturated rings. The van der Waals surface area contributed by atoms with Crippen LogP contribution in [0.15, 0.2) is 0 Å². The zero-order chi connectivity index (χ0) is 15.0. The van der Waals surface area contributed by atoms with Gasteiger partial charge in [-0.25, -0.2) is 0 Å². The third-order valence-corrected chi connectivity index (χ3v) is 5.41. The van der Waals surface area contributed by atoms with Gasteiger partial charge in [0.05, 0.1) is 0 Å². The van der Waals surface area contributed by atoms with Crippen LogP contribution in [0.4, 0.5) is 0 Å². The van der Waals surface area contributed by atoms with Crippen molar-refractivity contribution < 1.29 is 4.79 Å². The minimum absolute atomic E-state index is 0.136. The number of hydrogen-bond acceptors (Lipinski definition) is 3. The lowest BCUT2D eigenvalue weighted by molar-refractivity contribution is -0.135. The van der Waals surface area contributed by atoms with Gasteiger partial charge in [0.2, 0.25) is 5.91 Å². The number of amides is 1. The summed E-state index contributed by atoms with van der Waals surface area (Å²) in [6.45, 7) is 9.48. The summed E-state index contributed by atoms with van der Waals surface area (Å²) in [4.78, 5) is 16.8. The summed E-state index contributed by atoms with van der Waals surface area (Å²) in [6.07, 6.45) is 6.35. The van der Waals surface area contributed by atoms with Crippen molar-refractivity contribution in [2.45, 2.75) is 77.0 Å². The fourth-order valence-corrected chi connectivity index (χ4v) is 4.06. The first-order chi connectivity index (χ1) is 10.0. The first-order valence-corrected chi connectivity index (χ1v) is 8.85. The Balaban J connectivity index is 1.42. The molecule has 1 saturated carbocycles. The van der Waals surface area contributed by atoms with Crippen LogP contribution in [0.3, 0.4) is 0 Å². The van der Waals surface area contributed by atoms with Gasteiger partial charge < -0.3 is 10.2 Å². The number of piperidine rings is 1. The fourth-order valence-electron chi connectivity index (χ4n) is 4.06. The van der Waals surface area contributed by atoms with E-state index in [2.05, 4.69) is 22.0 Å². The van der Waals surface area contributed by atoms with E-state index in [0.29, 0.717) is 18.0 Å². The maximum atomic E-state index is 12.0. The lowest BCUT2D eigenvalue weighted by Crippen LogP contribution is -2.49. The second-order valence-corrected chi connectivity index (χ2v) is 7.63. The van der Waals surface area contributed by atoms with Crippen LogP contribution in [0.1, 0.15) is 52.9 Å². The Morgan fingerprint density at radius 1 is 1.10 bits per heavy atom. The monoisotopic (exact) mass is 293 g/mol. The number of likely N-dealkylation sites (tertiary alicyclic amines) is 2. The molecule has 2 saturated heterocycles. The van der Waals surface area contributed by atoms with Gasteiger partial charge in [-0.1, -0.05) is 13.8 Å². The SMILES string of the molecule is CC(C)C(=O)N1CCC(NC2CC(C)N(C3CC3)C2)CC1. The van der Waals surface area contributed by atoms with Crippen molar-refractivity contribution in [2.24, 2.45) is 5.92 Å². The molecule has 1 N–H and O–H groups in total. The summed E-state index contributed by atoms with van der Waals surface area (Å²) in [5, 5.41) is 3.87. The third kappa shape index (κ3) is 3.59. The Morgan fingerprint density at radius 3 is 2.33 bits per heavy atom. The molecule has 1 aliphatic carbocycles. The lowest BCUT2D eigenvalue weighted by atomic mass is 10.0. The molecule has 3 aliphatic rings. The van der Waals surface area contributed by atoms with Gasteiger partial charge in [-0.15, -0.1) is 0 Å². The first kappa shape index (κ1) is 15.3. The molecule has 120 valence electrons. The molecule has 4 nitrogen and oxygen atoms in total. The topological polar surface area (TPSA) is 35.6 Å². The predicted molar refractivity (Wildman–Crippen MR) is 85.2 cm³/mol. The fraction of sp³-hybridized carbons (Fsp3) is 0.941. The molecule has 2 unspecified atom stereocenters. The zero-order valence-corrected chi connectivity index (χ0v) is 13.8. The van der Waals surface area contributed by atoms with Crippen LogP contribution >= 0.6 is 0 Å². The molecule has 1 amide bonds. The highest BCUT2D eigenvalue weighted by Crippen LogP contribution is 2.33. The molecule has 21 heavy (non-hydrogen) atoms. The van der Waals surface area contributed by atoms with Crippen LogP contribution in [-0.2, 0) is 4.79 Å². The second kappa shape index (κ2) is 6.25. The molecule has 0 aromatic rings. The number of carbonyl (C=O) groups excluding carboxylic acids is 1. The van der Waals surface area contributed by atoms with Gasteiger partial charge in [-0.05, 0) is 39.0 Å². The quantitative estimate of drug-likeness (QED) is 0.859. The highest BCUT2D eigenvalue weighted by Gasteiger charge is 2.39. The summed E-state index contributed by atoms with van der Waals surface area (Å²) in [5.41, 5.74) is 0. The molecule has 0 aromatic heterocycles. The Morgan fingerprint density at radius 2 is 1.76 bits per heavy atom. The molecule has 2 atom stereocenters. The maximum Gasteiger partial charge on any atom is 0.225 e. The van der Waals surface area contributed by atoms with Crippen molar-refractivity contribution in [3.8, 4) is 0 Å². The number of nitrogens with zero attached hydrogens (tertiary/aromatic N) is 2. The van der Waals surface area contributed by atoms with E-state index in [-0.39, 0.29) is 5.92 Å². The van der Waals surface area contributed by atoms with Gasteiger partial charge in [-0.3, -0.25) is 9.69 Å². The average Bonchev–Trinajstić information content (AvgIpc) is 3.23. The van der Waals surface area contributed by atoms with Crippen LogP contribution in [0.2, 0.25) is 0 Å². The summed E-state index contributed by atoms with van der Waals surface area (Å²) in [5.74, 6) is 0.458. The van der Waals surface area contributed by atoms with Gasteiger partial charge in [-0.2, -0.15) is 0 Å². The number of hydrogen-bond donors (Lipinski definition) is 1. The highest BCUT2D eigenvalue weighted by atomic mass is 16.2. The van der Waals surface area contributed by atoms with E-state index in [9.17, 15) is 4.79 Å². The van der Waals surface area contributed by atoms with E-state index < -0.39 is 0 Å². The molecule has 0 radical (unpaired) electrons. The van der Waals surface area contributed by atoms with Crippen LogP contribution < -0.4 is 5.32 Å². The lowest BCUT2D eigenvalue weighted by Gasteiger charge is -2.34. The van der Waals surface area contributed by atoms with E-state index >= 15 is 0 Å². The molecular weight excluding hydrogens is 262 g/mol. The molecular formula is C17H31N3O. The van der Waals surface area contributed by atoms with E-state index in [1.807, 2.05) is 13.8 Å². The van der Waals surface area contributed by atoms with Crippen molar-refractivity contribution in [3.05, 3.63) is 0 Å². The molecule has 2 aliphatic heterocycles. The van der Waals surface area contributed by atoms with Gasteiger partial charge in [0.1, 0.15) is 0 Å². The summed E-state index contributed by atoms with van der Waals surface area (Å²) >= 11 is 0. The molecule has 0 spiro atoms. The number of carbonyl (C=O) groups is 1. The average molecular weight is 293 g/mol. The van der Waals surface area contributed by atoms with Gasteiger partial charge >= 0.3 is 0 Å². The summed E-state index contributed by atoms with van der Waals surface area (Å²) in [7, 11) is 0. The molecule has 3 rings (SSSR count). The largest absolute Gasteiger partial charge is 0.342 e. The maximum absolute atomic E-state index is 12.0. The Kier molecular flexibility index (Phi) is 4.55. The first-order valence-electron chi connectivity index (χ1n) is 8.85. The van der Waals surface area contributed by atoms with Gasteiger partial charge in [0.15, 0.2) is 0 Å². The van der Waals surface area contributed by atoms with E-state index in [1.54, 1.807) is 0 Å². The molecule has 0 bridgehead atoms. The van der Waals surface area contributed by atoms with Crippen LogP contribution in [0.25, 0.3) is 0 Å². The Hall–Kier alpha value is -0.610. The zero-order valence-electron chi connectivity index (χ0n) is 13.8. The molecule has 2 heterocycles. The highest BCUT2D eigenvalue weighted by molar-refractivity contribution is 5.78. The van der Waals surface area contributed by atoms with Crippen molar-refractivity contribution in [2.75, 3.05) is 19.6 Å². The number of nitrogens with one attached hydrogen (secondary N) is 1. The van der Waals surface area contributed by atoms with Gasteiger partial charge in [0.25, 0.3) is 0 Å². The van der Waals surface area contributed by atoms with E-state index in [0.717, 1.165) is 38.0 Å². The summed E-state index contributed by atoms with van der Waals surface area (Å²) in [6, 6.07) is 2.91. The predicted octanol–water partition coefficient (Wildman–Crippen LogP) is 1.85. The van der Waals surface area contributed by atoms with Crippen molar-refractivity contribution in [1.29, 1.82) is 0 Å². The second-order valence-electron chi connectivity index (χ2n) is 7.63. The third-order valence-electron chi connectivity index (χ3n) is 5.41. The number of rotatable bonds is 4. The minimum Gasteiger partial charge on any atom is -0.342 e. The van der Waals surface area contributed by atoms with Crippen molar-refractivity contribution >= 4 is 5.91 Å². The van der Waals surface area contributed by atoms with E-state index in [1.165, 1.54) is 25.8 Å². The Labute approximate surface area is 129 Å². The smallest absolute Gasteiger partial charge is 0.225 e. The van der Waals surface area contributed by atoms with Crippen LogP contribution in [-0.4, -0.2) is 59.5 Å². The van der Waals surface area contributed by atoms with Crippen LogP contribution in [0, 0.1) is 5.92 Å². The normalized spacial score (nSPS) is 32.1. The van der Waals surface area contributed by atoms with Gasteiger partial charge in [0, 0.05) is 49.7 Å². The van der Waals surface area contributed by atoms with E-state index in [4.69, 9.17) is 0 Å². The minimum atomic E-state index is 0.136. The molecule has 0 aromatic carbocycles. The molecule has 4 heteroatoms. The summed E-state index contributed by atoms with van der Waals surface area (Å²) < 4.78 is 0. The van der Waals surface area contributed by atoms with Crippen LogP contribution in [0.5, 0.6) is 0 Å². The Bertz CT molecular complexity index is 372. The standard InChI is InChI=1S/C17H31N3O/c1-12(2)17(21)19-8-6-14(7-9-19)18-15-10-13(3)20(11-15)16-4-5-16/h12-16,18H,4-11H2,1-3H3.